The Balaban J connectivity index is 2.53. The summed E-state index contributed by atoms with van der Waals surface area (Å²) in [5.41, 5.74) is 5.12. The highest BCUT2D eigenvalue weighted by Crippen LogP contribution is 2.30. The molecule has 1 heterocycles. The molecule has 1 aromatic carbocycles. The van der Waals surface area contributed by atoms with Crippen LogP contribution in [0.3, 0.4) is 0 Å². The first-order valence-electron chi connectivity index (χ1n) is 5.45. The molecule has 0 saturated heterocycles. The third-order valence-corrected chi connectivity index (χ3v) is 3.25. The van der Waals surface area contributed by atoms with Crippen LogP contribution in [0.4, 0.5) is 4.39 Å². The number of hydrogen-bond acceptors (Lipinski definition) is 3. The Morgan fingerprint density at radius 2 is 2.11 bits per heavy atom. The Morgan fingerprint density at radius 3 is 2.78 bits per heavy atom. The second-order valence-corrected chi connectivity index (χ2v) is 4.35. The van der Waals surface area contributed by atoms with Gasteiger partial charge in [-0.05, 0) is 35.7 Å². The van der Waals surface area contributed by atoms with E-state index in [1.165, 1.54) is 6.07 Å². The number of nitrogens with two attached hydrogens (primary N) is 1. The third-order valence-electron chi connectivity index (χ3n) is 2.85. The van der Waals surface area contributed by atoms with Gasteiger partial charge in [-0.2, -0.15) is 0 Å². The lowest BCUT2D eigenvalue weighted by Crippen LogP contribution is -2.29. The molecule has 94 valence electrons. The zero-order chi connectivity index (χ0) is 13.1. The number of rotatable bonds is 3. The van der Waals surface area contributed by atoms with Crippen molar-refractivity contribution in [3.05, 3.63) is 64.2 Å². The van der Waals surface area contributed by atoms with Crippen LogP contribution in [-0.4, -0.2) is 4.98 Å². The van der Waals surface area contributed by atoms with E-state index >= 15 is 0 Å². The monoisotopic (exact) mass is 265 g/mol. The number of pyridine rings is 1. The molecule has 0 spiro atoms. The minimum atomic E-state index is -0.462. The van der Waals surface area contributed by atoms with Gasteiger partial charge in [-0.1, -0.05) is 23.7 Å². The molecular formula is C13H13ClFN3. The summed E-state index contributed by atoms with van der Waals surface area (Å²) in [6, 6.07) is 6.14. The molecule has 1 aromatic heterocycles. The van der Waals surface area contributed by atoms with Gasteiger partial charge in [0.2, 0.25) is 0 Å². The zero-order valence-electron chi connectivity index (χ0n) is 9.82. The van der Waals surface area contributed by atoms with E-state index in [1.54, 1.807) is 24.5 Å². The number of hydrazine groups is 1. The van der Waals surface area contributed by atoms with Crippen molar-refractivity contribution in [1.29, 1.82) is 0 Å². The van der Waals surface area contributed by atoms with Crippen LogP contribution in [0.5, 0.6) is 0 Å². The Bertz CT molecular complexity index is 560. The average Bonchev–Trinajstić information content (AvgIpc) is 2.37. The lowest BCUT2D eigenvalue weighted by Gasteiger charge is -2.19. The van der Waals surface area contributed by atoms with Crippen molar-refractivity contribution < 1.29 is 4.39 Å². The van der Waals surface area contributed by atoms with Gasteiger partial charge in [0, 0.05) is 12.4 Å². The molecule has 0 aliphatic heterocycles. The lowest BCUT2D eigenvalue weighted by atomic mass is 9.97. The minimum Gasteiger partial charge on any atom is -0.271 e. The largest absolute Gasteiger partial charge is 0.271 e. The smallest absolute Gasteiger partial charge is 0.142 e. The fraction of sp³-hybridized carbons (Fsp3) is 0.154. The fourth-order valence-corrected chi connectivity index (χ4v) is 2.10. The molecule has 0 radical (unpaired) electrons. The number of hydrogen-bond donors (Lipinski definition) is 2. The van der Waals surface area contributed by atoms with Crippen LogP contribution in [0.15, 0.2) is 36.7 Å². The third kappa shape index (κ3) is 2.36. The van der Waals surface area contributed by atoms with Gasteiger partial charge in [0.1, 0.15) is 5.82 Å². The highest BCUT2D eigenvalue weighted by molar-refractivity contribution is 6.31. The van der Waals surface area contributed by atoms with Crippen molar-refractivity contribution in [2.45, 2.75) is 13.0 Å². The van der Waals surface area contributed by atoms with Crippen molar-refractivity contribution in [3.8, 4) is 0 Å². The minimum absolute atomic E-state index is 0.0729. The first kappa shape index (κ1) is 13.0. The van der Waals surface area contributed by atoms with Crippen molar-refractivity contribution >= 4 is 11.6 Å². The van der Waals surface area contributed by atoms with Crippen LogP contribution in [0.1, 0.15) is 22.7 Å². The van der Waals surface area contributed by atoms with Gasteiger partial charge in [0.05, 0.1) is 11.1 Å². The molecule has 3 N–H and O–H groups in total. The van der Waals surface area contributed by atoms with Crippen LogP contribution in [0.25, 0.3) is 0 Å². The maximum Gasteiger partial charge on any atom is 0.142 e. The molecule has 0 saturated carbocycles. The maximum absolute atomic E-state index is 13.5. The second-order valence-electron chi connectivity index (χ2n) is 3.97. The van der Waals surface area contributed by atoms with E-state index < -0.39 is 5.82 Å². The van der Waals surface area contributed by atoms with Crippen molar-refractivity contribution in [2.75, 3.05) is 0 Å². The quantitative estimate of drug-likeness (QED) is 0.663. The topological polar surface area (TPSA) is 50.9 Å². The molecule has 18 heavy (non-hydrogen) atoms. The molecular weight excluding hydrogens is 253 g/mol. The van der Waals surface area contributed by atoms with Gasteiger partial charge in [0.15, 0.2) is 0 Å². The van der Waals surface area contributed by atoms with Crippen molar-refractivity contribution in [3.63, 3.8) is 0 Å². The molecule has 0 bridgehead atoms. The summed E-state index contributed by atoms with van der Waals surface area (Å²) < 4.78 is 13.5. The van der Waals surface area contributed by atoms with Gasteiger partial charge < -0.3 is 0 Å². The Hall–Kier alpha value is -1.49. The van der Waals surface area contributed by atoms with Crippen molar-refractivity contribution in [1.82, 2.24) is 10.4 Å². The molecule has 5 heteroatoms. The average molecular weight is 266 g/mol. The maximum atomic E-state index is 13.5. The normalized spacial score (nSPS) is 12.4. The Morgan fingerprint density at radius 1 is 1.33 bits per heavy atom. The van der Waals surface area contributed by atoms with Gasteiger partial charge >= 0.3 is 0 Å². The highest BCUT2D eigenvalue weighted by atomic mass is 35.5. The zero-order valence-corrected chi connectivity index (χ0v) is 10.6. The van der Waals surface area contributed by atoms with Gasteiger partial charge in [-0.25, -0.2) is 9.82 Å². The molecule has 0 aliphatic carbocycles. The Labute approximate surface area is 110 Å². The predicted molar refractivity (Wildman–Crippen MR) is 69.6 cm³/mol. The molecule has 0 fully saturated rings. The van der Waals surface area contributed by atoms with E-state index in [4.69, 9.17) is 17.4 Å². The Kier molecular flexibility index (Phi) is 3.91. The molecule has 1 unspecified atom stereocenters. The second kappa shape index (κ2) is 5.44. The van der Waals surface area contributed by atoms with E-state index in [0.29, 0.717) is 5.56 Å². The number of aromatic nitrogens is 1. The van der Waals surface area contributed by atoms with Crippen LogP contribution >= 0.6 is 11.6 Å². The lowest BCUT2D eigenvalue weighted by molar-refractivity contribution is 0.603. The van der Waals surface area contributed by atoms with Crippen LogP contribution in [-0.2, 0) is 0 Å². The van der Waals surface area contributed by atoms with Gasteiger partial charge in [-0.3, -0.25) is 10.8 Å². The fourth-order valence-electron chi connectivity index (χ4n) is 1.87. The van der Waals surface area contributed by atoms with E-state index in [2.05, 4.69) is 10.4 Å². The molecule has 1 atom stereocenters. The number of aryl methyl sites for hydroxylation is 1. The number of nitrogens with zero attached hydrogens (tertiary/aromatic N) is 1. The van der Waals surface area contributed by atoms with Crippen LogP contribution < -0.4 is 11.3 Å². The summed E-state index contributed by atoms with van der Waals surface area (Å²) in [4.78, 5) is 4.06. The molecule has 2 rings (SSSR count). The first-order valence-corrected chi connectivity index (χ1v) is 5.83. The number of nitrogens with one attached hydrogen (secondary N) is 1. The SMILES string of the molecule is Cc1ccncc1C(NN)c1cccc(F)c1Cl. The predicted octanol–water partition coefficient (Wildman–Crippen LogP) is 2.74. The molecule has 2 aromatic rings. The molecule has 0 aliphatic rings. The summed E-state index contributed by atoms with van der Waals surface area (Å²) >= 11 is 5.98. The number of halogens is 2. The van der Waals surface area contributed by atoms with Crippen LogP contribution in [0.2, 0.25) is 5.02 Å². The molecule has 3 nitrogen and oxygen atoms in total. The van der Waals surface area contributed by atoms with Crippen molar-refractivity contribution in [2.24, 2.45) is 5.84 Å². The summed E-state index contributed by atoms with van der Waals surface area (Å²) in [6.07, 6.45) is 3.39. The summed E-state index contributed by atoms with van der Waals surface area (Å²) in [5.74, 6) is 5.10. The van der Waals surface area contributed by atoms with E-state index in [0.717, 1.165) is 11.1 Å². The van der Waals surface area contributed by atoms with E-state index in [9.17, 15) is 4.39 Å². The first-order chi connectivity index (χ1) is 8.65. The van der Waals surface area contributed by atoms with Gasteiger partial charge in [0.25, 0.3) is 0 Å². The van der Waals surface area contributed by atoms with Crippen LogP contribution in [0, 0.1) is 12.7 Å². The summed E-state index contributed by atoms with van der Waals surface area (Å²) in [7, 11) is 0. The van der Waals surface area contributed by atoms with Gasteiger partial charge in [-0.15, -0.1) is 0 Å². The summed E-state index contributed by atoms with van der Waals surface area (Å²) in [6.45, 7) is 1.94. The molecule has 0 amide bonds. The van der Waals surface area contributed by atoms with E-state index in [1.807, 2.05) is 13.0 Å². The van der Waals surface area contributed by atoms with E-state index in [-0.39, 0.29) is 11.1 Å². The number of benzene rings is 1. The standard InChI is InChI=1S/C13H13ClFN3/c1-8-5-6-17-7-10(8)13(18-16)9-3-2-4-11(15)12(9)14/h2-7,13,18H,16H2,1H3. The highest BCUT2D eigenvalue weighted by Gasteiger charge is 2.19. The summed E-state index contributed by atoms with van der Waals surface area (Å²) in [5, 5.41) is 0.0729.